The zero-order valence-electron chi connectivity index (χ0n) is 16.2. The van der Waals surface area contributed by atoms with Crippen LogP contribution in [0.1, 0.15) is 47.0 Å². The van der Waals surface area contributed by atoms with E-state index >= 15 is 0 Å². The molecule has 1 saturated heterocycles. The Morgan fingerprint density at radius 2 is 1.88 bits per heavy atom. The van der Waals surface area contributed by atoms with Gasteiger partial charge in [-0.15, -0.1) is 0 Å². The van der Waals surface area contributed by atoms with Gasteiger partial charge in [-0.1, -0.05) is 6.42 Å². The van der Waals surface area contributed by atoms with Crippen LogP contribution in [0.15, 0.2) is 23.2 Å². The summed E-state index contributed by atoms with van der Waals surface area (Å²) < 4.78 is 26.9. The average Bonchev–Trinajstić information content (AvgIpc) is 2.59. The van der Waals surface area contributed by atoms with Gasteiger partial charge in [0.15, 0.2) is 0 Å². The van der Waals surface area contributed by atoms with Crippen LogP contribution in [0.25, 0.3) is 0 Å². The molecular weight excluding hydrogens is 352 g/mol. The summed E-state index contributed by atoms with van der Waals surface area (Å²) in [4.78, 5) is 18.5. The summed E-state index contributed by atoms with van der Waals surface area (Å²) >= 11 is 0. The van der Waals surface area contributed by atoms with Crippen LogP contribution in [0.2, 0.25) is 0 Å². The highest BCUT2D eigenvalue weighted by Gasteiger charge is 2.26. The zero-order chi connectivity index (χ0) is 19.4. The van der Waals surface area contributed by atoms with Crippen molar-refractivity contribution in [3.8, 4) is 0 Å². The average molecular weight is 383 g/mol. The number of hydrogen-bond acceptors (Lipinski definition) is 5. The Bertz CT molecular complexity index is 705. The van der Waals surface area contributed by atoms with Crippen molar-refractivity contribution in [1.82, 2.24) is 14.6 Å². The molecule has 146 valence electrons. The number of carbonyl (C=O) groups is 1. The Labute approximate surface area is 156 Å². The number of piperidine rings is 1. The number of likely N-dealkylation sites (N-methyl/N-ethyl adjacent to an activating group) is 1. The molecular formula is C18H30N4O3S. The SMILES string of the molecule is CCN(CC(=O)NC(C)(C)C)c1ccc(S(=O)(=O)N2CCCCC2)cn1. The molecule has 0 saturated carbocycles. The van der Waals surface area contributed by atoms with E-state index in [-0.39, 0.29) is 22.9 Å². The van der Waals surface area contributed by atoms with E-state index in [0.717, 1.165) is 19.3 Å². The normalized spacial score (nSPS) is 16.3. The highest BCUT2D eigenvalue weighted by atomic mass is 32.2. The van der Waals surface area contributed by atoms with E-state index in [9.17, 15) is 13.2 Å². The van der Waals surface area contributed by atoms with Gasteiger partial charge in [0, 0.05) is 31.4 Å². The quantitative estimate of drug-likeness (QED) is 0.814. The molecule has 0 bridgehead atoms. The van der Waals surface area contributed by atoms with Crippen molar-refractivity contribution in [1.29, 1.82) is 0 Å². The maximum Gasteiger partial charge on any atom is 0.244 e. The molecule has 2 rings (SSSR count). The van der Waals surface area contributed by atoms with Gasteiger partial charge in [-0.2, -0.15) is 4.31 Å². The molecule has 1 aliphatic heterocycles. The summed E-state index contributed by atoms with van der Waals surface area (Å²) in [7, 11) is -3.49. The van der Waals surface area contributed by atoms with Crippen molar-refractivity contribution in [3.63, 3.8) is 0 Å². The van der Waals surface area contributed by atoms with Gasteiger partial charge in [-0.05, 0) is 52.7 Å². The summed E-state index contributed by atoms with van der Waals surface area (Å²) in [6, 6.07) is 3.25. The largest absolute Gasteiger partial charge is 0.350 e. The number of amides is 1. The fraction of sp³-hybridized carbons (Fsp3) is 0.667. The van der Waals surface area contributed by atoms with E-state index in [0.29, 0.717) is 25.5 Å². The smallest absolute Gasteiger partial charge is 0.244 e. The van der Waals surface area contributed by atoms with E-state index in [4.69, 9.17) is 0 Å². The molecule has 2 heterocycles. The number of nitrogens with one attached hydrogen (secondary N) is 1. The molecule has 0 unspecified atom stereocenters. The van der Waals surface area contributed by atoms with Gasteiger partial charge in [-0.3, -0.25) is 4.79 Å². The van der Waals surface area contributed by atoms with Crippen LogP contribution in [-0.4, -0.2) is 55.3 Å². The van der Waals surface area contributed by atoms with Crippen molar-refractivity contribution >= 4 is 21.7 Å². The number of pyridine rings is 1. The third-order valence-electron chi connectivity index (χ3n) is 4.23. The van der Waals surface area contributed by atoms with Crippen LogP contribution in [0.3, 0.4) is 0 Å². The molecule has 1 amide bonds. The predicted molar refractivity (Wildman–Crippen MR) is 103 cm³/mol. The molecule has 1 aromatic rings. The van der Waals surface area contributed by atoms with Gasteiger partial charge in [0.25, 0.3) is 0 Å². The molecule has 26 heavy (non-hydrogen) atoms. The number of nitrogens with zero attached hydrogens (tertiary/aromatic N) is 3. The molecule has 0 aromatic carbocycles. The van der Waals surface area contributed by atoms with Crippen LogP contribution in [0.4, 0.5) is 5.82 Å². The number of anilines is 1. The monoisotopic (exact) mass is 382 g/mol. The minimum Gasteiger partial charge on any atom is -0.350 e. The molecule has 0 radical (unpaired) electrons. The first kappa shape index (κ1) is 20.6. The zero-order valence-corrected chi connectivity index (χ0v) is 17.0. The minimum absolute atomic E-state index is 0.0915. The van der Waals surface area contributed by atoms with Gasteiger partial charge in [0.05, 0.1) is 6.54 Å². The second-order valence-electron chi connectivity index (χ2n) is 7.63. The van der Waals surface area contributed by atoms with Crippen LogP contribution < -0.4 is 10.2 Å². The predicted octanol–water partition coefficient (Wildman–Crippen LogP) is 2.00. The molecule has 1 aliphatic rings. The van der Waals surface area contributed by atoms with E-state index in [1.165, 1.54) is 10.5 Å². The minimum atomic E-state index is -3.49. The first-order chi connectivity index (χ1) is 12.1. The van der Waals surface area contributed by atoms with E-state index in [1.807, 2.05) is 32.6 Å². The van der Waals surface area contributed by atoms with E-state index < -0.39 is 10.0 Å². The second-order valence-corrected chi connectivity index (χ2v) is 9.57. The molecule has 1 aromatic heterocycles. The first-order valence-electron chi connectivity index (χ1n) is 9.15. The summed E-state index contributed by atoms with van der Waals surface area (Å²) in [5.74, 6) is 0.500. The lowest BCUT2D eigenvalue weighted by Gasteiger charge is -2.27. The van der Waals surface area contributed by atoms with Crippen molar-refractivity contribution < 1.29 is 13.2 Å². The Balaban J connectivity index is 2.10. The number of sulfonamides is 1. The summed E-state index contributed by atoms with van der Waals surface area (Å²) in [6.07, 6.45) is 4.27. The van der Waals surface area contributed by atoms with Crippen LogP contribution in [-0.2, 0) is 14.8 Å². The molecule has 0 aliphatic carbocycles. The van der Waals surface area contributed by atoms with E-state index in [2.05, 4.69) is 10.3 Å². The standard InChI is InChI=1S/C18H30N4O3S/c1-5-21(14-17(23)20-18(2,3)4)16-10-9-15(13-19-16)26(24,25)22-11-7-6-8-12-22/h9-10,13H,5-8,11-12,14H2,1-4H3,(H,20,23). The Morgan fingerprint density at radius 1 is 1.23 bits per heavy atom. The maximum absolute atomic E-state index is 12.7. The van der Waals surface area contributed by atoms with Gasteiger partial charge in [-0.25, -0.2) is 13.4 Å². The summed E-state index contributed by atoms with van der Waals surface area (Å²) in [5, 5.41) is 2.92. The van der Waals surface area contributed by atoms with Crippen LogP contribution in [0, 0.1) is 0 Å². The lowest BCUT2D eigenvalue weighted by atomic mass is 10.1. The fourth-order valence-corrected chi connectivity index (χ4v) is 4.42. The van der Waals surface area contributed by atoms with E-state index in [1.54, 1.807) is 12.1 Å². The lowest BCUT2D eigenvalue weighted by Crippen LogP contribution is -2.46. The van der Waals surface area contributed by atoms with Crippen LogP contribution >= 0.6 is 0 Å². The fourth-order valence-electron chi connectivity index (χ4n) is 2.95. The second kappa shape index (κ2) is 8.35. The third-order valence-corrected chi connectivity index (χ3v) is 6.11. The summed E-state index contributed by atoms with van der Waals surface area (Å²) in [5.41, 5.74) is -0.295. The molecule has 1 fully saturated rings. The number of rotatable bonds is 6. The lowest BCUT2D eigenvalue weighted by molar-refractivity contribution is -0.121. The Kier molecular flexibility index (Phi) is 6.63. The first-order valence-corrected chi connectivity index (χ1v) is 10.6. The number of carbonyl (C=O) groups excluding carboxylic acids is 1. The molecule has 7 nitrogen and oxygen atoms in total. The molecule has 0 atom stereocenters. The Hall–Kier alpha value is -1.67. The van der Waals surface area contributed by atoms with Gasteiger partial charge < -0.3 is 10.2 Å². The van der Waals surface area contributed by atoms with Crippen LogP contribution in [0.5, 0.6) is 0 Å². The van der Waals surface area contributed by atoms with Crippen molar-refractivity contribution in [2.24, 2.45) is 0 Å². The van der Waals surface area contributed by atoms with Gasteiger partial charge >= 0.3 is 0 Å². The molecule has 0 spiro atoms. The van der Waals surface area contributed by atoms with Crippen molar-refractivity contribution in [2.45, 2.75) is 57.4 Å². The van der Waals surface area contributed by atoms with Crippen molar-refractivity contribution in [2.75, 3.05) is 31.1 Å². The van der Waals surface area contributed by atoms with Crippen molar-refractivity contribution in [3.05, 3.63) is 18.3 Å². The Morgan fingerprint density at radius 3 is 2.38 bits per heavy atom. The van der Waals surface area contributed by atoms with Gasteiger partial charge in [0.2, 0.25) is 15.9 Å². The highest BCUT2D eigenvalue weighted by Crippen LogP contribution is 2.21. The third kappa shape index (κ3) is 5.41. The topological polar surface area (TPSA) is 82.6 Å². The highest BCUT2D eigenvalue weighted by molar-refractivity contribution is 7.89. The maximum atomic E-state index is 12.7. The molecule has 8 heteroatoms. The van der Waals surface area contributed by atoms with Gasteiger partial charge in [0.1, 0.15) is 10.7 Å². The molecule has 1 N–H and O–H groups in total. The number of hydrogen-bond donors (Lipinski definition) is 1. The summed E-state index contributed by atoms with van der Waals surface area (Å²) in [6.45, 7) is 9.64. The number of aromatic nitrogens is 1.